The topological polar surface area (TPSA) is 210 Å². The van der Waals surface area contributed by atoms with Gasteiger partial charge in [-0.1, -0.05) is 44.9 Å². The van der Waals surface area contributed by atoms with Crippen molar-refractivity contribution in [1.82, 2.24) is 0 Å². The zero-order chi connectivity index (χ0) is 28.8. The van der Waals surface area contributed by atoms with Crippen molar-refractivity contribution in [3.05, 3.63) is 72.4 Å². The molecule has 0 bridgehead atoms. The summed E-state index contributed by atoms with van der Waals surface area (Å²) in [4.78, 5) is 39.0. The molecule has 1 rings (SSSR count). The molecule has 7 N–H and O–H groups in total. The second-order valence-electron chi connectivity index (χ2n) is 7.21. The van der Waals surface area contributed by atoms with Gasteiger partial charge in [0.1, 0.15) is 0 Å². The minimum Gasteiger partial charge on any atom is -0.478 e. The number of hydrogen-bond donors (Lipinski definition) is 7. The Kier molecular flexibility index (Phi) is 24.2. The molecule has 0 aromatic heterocycles. The van der Waals surface area contributed by atoms with Crippen LogP contribution in [-0.2, 0) is 14.4 Å². The molecule has 198 valence electrons. The Labute approximate surface area is 204 Å². The minimum absolute atomic E-state index is 0.176. The molecule has 0 heterocycles. The molecule has 35 heavy (non-hydrogen) atoms. The van der Waals surface area contributed by atoms with Crippen LogP contribution in [-0.4, -0.2) is 79.4 Å². The lowest BCUT2D eigenvalue weighted by molar-refractivity contribution is -0.133. The molecule has 0 aliphatic carbocycles. The van der Waals surface area contributed by atoms with E-state index >= 15 is 0 Å². The fourth-order valence-electron chi connectivity index (χ4n) is 0.731. The third-order valence-corrected chi connectivity index (χ3v) is 3.26. The smallest absolute Gasteiger partial charge is 0.335 e. The van der Waals surface area contributed by atoms with Gasteiger partial charge < -0.3 is 35.7 Å². The lowest BCUT2D eigenvalue weighted by atomic mass is 9.95. The van der Waals surface area contributed by atoms with Gasteiger partial charge in [-0.3, -0.25) is 0 Å². The van der Waals surface area contributed by atoms with Crippen LogP contribution in [0.25, 0.3) is 0 Å². The highest BCUT2D eigenvalue weighted by molar-refractivity contribution is 5.87. The van der Waals surface area contributed by atoms with Gasteiger partial charge in [-0.15, -0.1) is 0 Å². The Morgan fingerprint density at radius 2 is 0.886 bits per heavy atom. The number of rotatable bonds is 7. The van der Waals surface area contributed by atoms with Crippen molar-refractivity contribution >= 4 is 23.9 Å². The van der Waals surface area contributed by atoms with Crippen LogP contribution in [0.1, 0.15) is 38.1 Å². The van der Waals surface area contributed by atoms with Crippen LogP contribution >= 0.6 is 0 Å². The maximum Gasteiger partial charge on any atom is 0.335 e. The number of aliphatic hydroxyl groups excluding tert-OH is 3. The summed E-state index contributed by atoms with van der Waals surface area (Å²) >= 11 is 0. The molecule has 0 fully saturated rings. The SMILES string of the molecule is C=C(C)C(=O)O.C=C(C)C(=O)O.C=C(C)C(=O)O.CC(CO)(CO)CO.O=C(O)c1ccccc1. The monoisotopic (exact) mass is 500 g/mol. The first-order chi connectivity index (χ1) is 15.9. The molecular formula is C24H36O11. The number of hydrogen-bond acceptors (Lipinski definition) is 7. The molecule has 0 atom stereocenters. The number of carboxylic acids is 4. The average molecular weight is 501 g/mol. The summed E-state index contributed by atoms with van der Waals surface area (Å²) in [6, 6.07) is 8.30. The lowest BCUT2D eigenvalue weighted by Gasteiger charge is -2.20. The normalized spacial score (nSPS) is 8.89. The largest absolute Gasteiger partial charge is 0.478 e. The quantitative estimate of drug-likeness (QED) is 0.270. The maximum absolute atomic E-state index is 10.2. The third-order valence-electron chi connectivity index (χ3n) is 3.26. The first kappa shape index (κ1) is 38.5. The number of aromatic carboxylic acids is 1. The first-order valence-corrected chi connectivity index (χ1v) is 9.69. The molecule has 0 spiro atoms. The van der Waals surface area contributed by atoms with Crippen molar-refractivity contribution in [2.45, 2.75) is 27.7 Å². The Morgan fingerprint density at radius 1 is 0.657 bits per heavy atom. The van der Waals surface area contributed by atoms with Gasteiger partial charge in [-0.2, -0.15) is 0 Å². The van der Waals surface area contributed by atoms with Gasteiger partial charge in [-0.05, 0) is 32.9 Å². The molecule has 11 heteroatoms. The summed E-state index contributed by atoms with van der Waals surface area (Å²) < 4.78 is 0. The Balaban J connectivity index is -0.000000174. The van der Waals surface area contributed by atoms with Crippen LogP contribution in [0.2, 0.25) is 0 Å². The van der Waals surface area contributed by atoms with E-state index in [0.29, 0.717) is 5.56 Å². The lowest BCUT2D eigenvalue weighted by Crippen LogP contribution is -2.29. The van der Waals surface area contributed by atoms with Gasteiger partial charge in [0.05, 0.1) is 25.4 Å². The first-order valence-electron chi connectivity index (χ1n) is 9.69. The predicted molar refractivity (Wildman–Crippen MR) is 130 cm³/mol. The number of aliphatic carboxylic acids is 3. The van der Waals surface area contributed by atoms with Crippen LogP contribution in [0.5, 0.6) is 0 Å². The Hall–Kier alpha value is -3.80. The van der Waals surface area contributed by atoms with Gasteiger partial charge in [0.15, 0.2) is 0 Å². The predicted octanol–water partition coefficient (Wildman–Crippen LogP) is 2.30. The molecule has 0 amide bonds. The van der Waals surface area contributed by atoms with Gasteiger partial charge >= 0.3 is 23.9 Å². The molecule has 0 aliphatic heterocycles. The zero-order valence-corrected chi connectivity index (χ0v) is 20.4. The van der Waals surface area contributed by atoms with Crippen LogP contribution < -0.4 is 0 Å². The maximum atomic E-state index is 10.2. The second kappa shape index (κ2) is 22.0. The van der Waals surface area contributed by atoms with Crippen molar-refractivity contribution in [3.63, 3.8) is 0 Å². The molecule has 0 saturated heterocycles. The van der Waals surface area contributed by atoms with E-state index in [4.69, 9.17) is 35.7 Å². The van der Waals surface area contributed by atoms with Gasteiger partial charge in [-0.25, -0.2) is 19.2 Å². The summed E-state index contributed by atoms with van der Waals surface area (Å²) in [5.74, 6) is -3.68. The third kappa shape index (κ3) is 28.2. The molecule has 0 unspecified atom stereocenters. The standard InChI is InChI=1S/C7H6O2.C5H12O3.3C4H6O2/c8-7(9)6-4-2-1-3-5-6;1-5(2-6,3-7)4-8;3*1-3(2)4(5)6/h1-5H,(H,8,9);6-8H,2-4H2,1H3;3*1H2,2H3,(H,5,6). The highest BCUT2D eigenvalue weighted by atomic mass is 16.4. The fraction of sp³-hybridized carbons (Fsp3) is 0.333. The summed E-state index contributed by atoms with van der Waals surface area (Å²) in [6.07, 6.45) is 0. The van der Waals surface area contributed by atoms with Gasteiger partial charge in [0, 0.05) is 22.1 Å². The molecule has 0 aliphatic rings. The summed E-state index contributed by atoms with van der Waals surface area (Å²) in [6.45, 7) is 14.9. The highest BCUT2D eigenvalue weighted by Crippen LogP contribution is 2.11. The Bertz CT molecular complexity index is 722. The minimum atomic E-state index is -0.935. The fourth-order valence-corrected chi connectivity index (χ4v) is 0.731. The van der Waals surface area contributed by atoms with Gasteiger partial charge in [0.2, 0.25) is 0 Å². The van der Waals surface area contributed by atoms with E-state index in [2.05, 4.69) is 19.7 Å². The Morgan fingerprint density at radius 3 is 0.971 bits per heavy atom. The van der Waals surface area contributed by atoms with E-state index in [1.54, 1.807) is 37.3 Å². The van der Waals surface area contributed by atoms with E-state index in [1.807, 2.05) is 0 Å². The van der Waals surface area contributed by atoms with E-state index in [1.165, 1.54) is 20.8 Å². The molecule has 1 aromatic carbocycles. The number of benzene rings is 1. The molecule has 0 saturated carbocycles. The van der Waals surface area contributed by atoms with E-state index in [0.717, 1.165) is 0 Å². The van der Waals surface area contributed by atoms with Crippen LogP contribution in [0.15, 0.2) is 66.8 Å². The molecule has 0 radical (unpaired) electrons. The van der Waals surface area contributed by atoms with Crippen molar-refractivity contribution in [2.75, 3.05) is 19.8 Å². The van der Waals surface area contributed by atoms with Crippen LogP contribution in [0, 0.1) is 5.41 Å². The van der Waals surface area contributed by atoms with Crippen LogP contribution in [0.4, 0.5) is 0 Å². The molecule has 11 nitrogen and oxygen atoms in total. The van der Waals surface area contributed by atoms with E-state index in [-0.39, 0.29) is 36.5 Å². The molecular weight excluding hydrogens is 464 g/mol. The van der Waals surface area contributed by atoms with E-state index < -0.39 is 29.3 Å². The summed E-state index contributed by atoms with van der Waals surface area (Å²) in [5.41, 5.74) is 0.150. The van der Waals surface area contributed by atoms with Gasteiger partial charge in [0.25, 0.3) is 0 Å². The highest BCUT2D eigenvalue weighted by Gasteiger charge is 2.20. The number of carbonyl (C=O) groups is 4. The summed E-state index contributed by atoms with van der Waals surface area (Å²) in [7, 11) is 0. The molecule has 1 aromatic rings. The van der Waals surface area contributed by atoms with Crippen molar-refractivity contribution < 1.29 is 54.9 Å². The summed E-state index contributed by atoms with van der Waals surface area (Å²) in [5, 5.41) is 57.5. The zero-order valence-electron chi connectivity index (χ0n) is 20.4. The van der Waals surface area contributed by atoms with E-state index in [9.17, 15) is 19.2 Å². The van der Waals surface area contributed by atoms with Crippen molar-refractivity contribution in [1.29, 1.82) is 0 Å². The van der Waals surface area contributed by atoms with Crippen LogP contribution in [0.3, 0.4) is 0 Å². The number of aliphatic hydroxyl groups is 3. The van der Waals surface area contributed by atoms with Crippen molar-refractivity contribution in [3.8, 4) is 0 Å². The van der Waals surface area contributed by atoms with Crippen molar-refractivity contribution in [2.24, 2.45) is 5.41 Å². The average Bonchev–Trinajstić information content (AvgIpc) is 2.80. The number of carboxylic acid groups (broad SMARTS) is 4. The second-order valence-corrected chi connectivity index (χ2v) is 7.21.